The van der Waals surface area contributed by atoms with Crippen LogP contribution in [0, 0.1) is 6.92 Å². The average molecular weight is 215 g/mol. The molecule has 0 heterocycles. The summed E-state index contributed by atoms with van der Waals surface area (Å²) < 4.78 is 3.32. The van der Waals surface area contributed by atoms with Gasteiger partial charge < -0.3 is 4.72 Å². The highest BCUT2D eigenvalue weighted by molar-refractivity contribution is 8.00. The molecule has 0 radical (unpaired) electrons. The van der Waals surface area contributed by atoms with Crippen molar-refractivity contribution in [3.05, 3.63) is 60.2 Å². The molecule has 0 fully saturated rings. The Kier molecular flexibility index (Phi) is 3.30. The second-order valence-electron chi connectivity index (χ2n) is 3.34. The lowest BCUT2D eigenvalue weighted by Gasteiger charge is -2.06. The van der Waals surface area contributed by atoms with Crippen LogP contribution >= 0.6 is 11.9 Å². The van der Waals surface area contributed by atoms with Crippen molar-refractivity contribution in [2.24, 2.45) is 0 Å². The lowest BCUT2D eigenvalue weighted by atomic mass is 10.2. The number of para-hydroxylation sites is 1. The summed E-state index contributed by atoms with van der Waals surface area (Å²) in [5.74, 6) is 0. The van der Waals surface area contributed by atoms with Crippen LogP contribution in [0.5, 0.6) is 0 Å². The van der Waals surface area contributed by atoms with Gasteiger partial charge in [-0.3, -0.25) is 0 Å². The lowest BCUT2D eigenvalue weighted by molar-refractivity contribution is 1.31. The maximum atomic E-state index is 3.32. The lowest BCUT2D eigenvalue weighted by Crippen LogP contribution is -1.87. The maximum absolute atomic E-state index is 3.32. The zero-order chi connectivity index (χ0) is 10.5. The molecule has 76 valence electrons. The van der Waals surface area contributed by atoms with Crippen molar-refractivity contribution in [3.8, 4) is 0 Å². The highest BCUT2D eigenvalue weighted by Crippen LogP contribution is 2.23. The van der Waals surface area contributed by atoms with E-state index in [2.05, 4.69) is 48.0 Å². The number of hydrogen-bond acceptors (Lipinski definition) is 2. The quantitative estimate of drug-likeness (QED) is 0.773. The number of nitrogens with one attached hydrogen (secondary N) is 1. The molecular formula is C13H13NS. The molecule has 0 bridgehead atoms. The molecule has 1 nitrogen and oxygen atoms in total. The van der Waals surface area contributed by atoms with Gasteiger partial charge in [0.25, 0.3) is 0 Å². The van der Waals surface area contributed by atoms with Crippen molar-refractivity contribution in [2.45, 2.75) is 11.8 Å². The SMILES string of the molecule is Cc1ccccc1SNc1ccccc1. The minimum absolute atomic E-state index is 1.13. The molecule has 2 aromatic rings. The van der Waals surface area contributed by atoms with Gasteiger partial charge >= 0.3 is 0 Å². The topological polar surface area (TPSA) is 12.0 Å². The first-order chi connectivity index (χ1) is 7.36. The fourth-order valence-corrected chi connectivity index (χ4v) is 2.03. The first-order valence-electron chi connectivity index (χ1n) is 4.90. The van der Waals surface area contributed by atoms with Gasteiger partial charge in [-0.05, 0) is 42.6 Å². The third-order valence-electron chi connectivity index (χ3n) is 2.15. The standard InChI is InChI=1S/C13H13NS/c1-11-7-5-6-10-13(11)15-14-12-8-3-2-4-9-12/h2-10,14H,1H3. The largest absolute Gasteiger partial charge is 0.326 e. The highest BCUT2D eigenvalue weighted by atomic mass is 32.2. The molecule has 0 atom stereocenters. The molecule has 0 saturated heterocycles. The van der Waals surface area contributed by atoms with Crippen molar-refractivity contribution >= 4 is 17.6 Å². The van der Waals surface area contributed by atoms with Gasteiger partial charge in [0, 0.05) is 10.6 Å². The second-order valence-corrected chi connectivity index (χ2v) is 4.18. The van der Waals surface area contributed by atoms with Crippen LogP contribution in [-0.4, -0.2) is 0 Å². The molecule has 0 aliphatic heterocycles. The summed E-state index contributed by atoms with van der Waals surface area (Å²) in [6, 6.07) is 18.6. The Balaban J connectivity index is 2.03. The van der Waals surface area contributed by atoms with Gasteiger partial charge in [-0.1, -0.05) is 36.4 Å². The van der Waals surface area contributed by atoms with Gasteiger partial charge in [0.1, 0.15) is 0 Å². The molecule has 0 aliphatic carbocycles. The van der Waals surface area contributed by atoms with Crippen molar-refractivity contribution in [2.75, 3.05) is 4.72 Å². The van der Waals surface area contributed by atoms with Gasteiger partial charge in [-0.2, -0.15) is 0 Å². The van der Waals surface area contributed by atoms with Crippen molar-refractivity contribution < 1.29 is 0 Å². The third kappa shape index (κ3) is 2.77. The van der Waals surface area contributed by atoms with E-state index in [1.807, 2.05) is 18.2 Å². The number of hydrogen-bond donors (Lipinski definition) is 1. The summed E-state index contributed by atoms with van der Waals surface area (Å²) in [5, 5.41) is 0. The zero-order valence-electron chi connectivity index (χ0n) is 8.60. The Morgan fingerprint density at radius 3 is 2.27 bits per heavy atom. The molecule has 1 N–H and O–H groups in total. The van der Waals surface area contributed by atoms with Gasteiger partial charge in [-0.15, -0.1) is 0 Å². The number of benzene rings is 2. The molecule has 2 rings (SSSR count). The number of anilines is 1. The van der Waals surface area contributed by atoms with Crippen LogP contribution in [0.15, 0.2) is 59.5 Å². The van der Waals surface area contributed by atoms with E-state index in [4.69, 9.17) is 0 Å². The molecule has 0 unspecified atom stereocenters. The summed E-state index contributed by atoms with van der Waals surface area (Å²) in [5.41, 5.74) is 2.43. The highest BCUT2D eigenvalue weighted by Gasteiger charge is 1.97. The number of aryl methyl sites for hydroxylation is 1. The molecule has 15 heavy (non-hydrogen) atoms. The molecule has 0 spiro atoms. The second kappa shape index (κ2) is 4.89. The first-order valence-corrected chi connectivity index (χ1v) is 5.71. The van der Waals surface area contributed by atoms with Gasteiger partial charge in [0.05, 0.1) is 0 Å². The minimum Gasteiger partial charge on any atom is -0.326 e. The van der Waals surface area contributed by atoms with Crippen molar-refractivity contribution in [1.29, 1.82) is 0 Å². The van der Waals surface area contributed by atoms with Gasteiger partial charge in [-0.25, -0.2) is 0 Å². The Hall–Kier alpha value is -1.41. The third-order valence-corrected chi connectivity index (χ3v) is 3.16. The molecule has 0 saturated carbocycles. The van der Waals surface area contributed by atoms with Crippen LogP contribution in [0.1, 0.15) is 5.56 Å². The van der Waals surface area contributed by atoms with E-state index in [1.54, 1.807) is 11.9 Å². The summed E-state index contributed by atoms with van der Waals surface area (Å²) in [4.78, 5) is 1.27. The first kappa shape index (κ1) is 10.1. The molecule has 2 heteroatoms. The Morgan fingerprint density at radius 2 is 1.53 bits per heavy atom. The average Bonchev–Trinajstić information content (AvgIpc) is 2.29. The molecule has 0 aliphatic rings. The molecule has 0 aromatic heterocycles. The van der Waals surface area contributed by atoms with Crippen molar-refractivity contribution in [3.63, 3.8) is 0 Å². The van der Waals surface area contributed by atoms with E-state index in [9.17, 15) is 0 Å². The minimum atomic E-state index is 1.13. The van der Waals surface area contributed by atoms with E-state index in [0.29, 0.717) is 0 Å². The Bertz CT molecular complexity index is 426. The van der Waals surface area contributed by atoms with Crippen LogP contribution in [0.3, 0.4) is 0 Å². The molecule has 2 aromatic carbocycles. The van der Waals surface area contributed by atoms with Crippen LogP contribution in [0.2, 0.25) is 0 Å². The fourth-order valence-electron chi connectivity index (χ4n) is 1.29. The van der Waals surface area contributed by atoms with E-state index >= 15 is 0 Å². The number of rotatable bonds is 3. The summed E-state index contributed by atoms with van der Waals surface area (Å²) in [6.07, 6.45) is 0. The summed E-state index contributed by atoms with van der Waals surface area (Å²) in [6.45, 7) is 2.12. The molecular weight excluding hydrogens is 202 g/mol. The van der Waals surface area contributed by atoms with E-state index in [-0.39, 0.29) is 0 Å². The van der Waals surface area contributed by atoms with E-state index in [0.717, 1.165) is 5.69 Å². The Labute approximate surface area is 94.7 Å². The van der Waals surface area contributed by atoms with E-state index < -0.39 is 0 Å². The van der Waals surface area contributed by atoms with Crippen LogP contribution in [0.4, 0.5) is 5.69 Å². The Morgan fingerprint density at radius 1 is 0.867 bits per heavy atom. The summed E-state index contributed by atoms with van der Waals surface area (Å²) in [7, 11) is 0. The maximum Gasteiger partial charge on any atom is 0.0443 e. The predicted molar refractivity (Wildman–Crippen MR) is 67.1 cm³/mol. The van der Waals surface area contributed by atoms with Crippen LogP contribution in [-0.2, 0) is 0 Å². The van der Waals surface area contributed by atoms with E-state index in [1.165, 1.54) is 10.5 Å². The van der Waals surface area contributed by atoms with Gasteiger partial charge in [0.15, 0.2) is 0 Å². The molecule has 0 amide bonds. The predicted octanol–water partition coefficient (Wildman–Crippen LogP) is 4.11. The summed E-state index contributed by atoms with van der Waals surface area (Å²) >= 11 is 1.65. The fraction of sp³-hybridized carbons (Fsp3) is 0.0769. The van der Waals surface area contributed by atoms with Crippen LogP contribution < -0.4 is 4.72 Å². The monoisotopic (exact) mass is 215 g/mol. The zero-order valence-corrected chi connectivity index (χ0v) is 9.42. The van der Waals surface area contributed by atoms with Crippen LogP contribution in [0.25, 0.3) is 0 Å². The normalized spacial score (nSPS) is 9.93. The van der Waals surface area contributed by atoms with Crippen molar-refractivity contribution in [1.82, 2.24) is 0 Å². The smallest absolute Gasteiger partial charge is 0.0443 e. The van der Waals surface area contributed by atoms with Gasteiger partial charge in [0.2, 0.25) is 0 Å².